The summed E-state index contributed by atoms with van der Waals surface area (Å²) in [5, 5.41) is 15.6. The standard InChI is InChI=1S/C15H25N3O3/c1-15(2,3)12(5-6-13(19)20)7-8-16-14(21)11-9-17-18(4)10-11/h9-10,12H,5-8H2,1-4H3,(H,16,21)(H,19,20). The van der Waals surface area contributed by atoms with Crippen LogP contribution in [0.5, 0.6) is 0 Å². The van der Waals surface area contributed by atoms with Crippen LogP contribution in [0.4, 0.5) is 0 Å². The maximum absolute atomic E-state index is 11.9. The molecule has 118 valence electrons. The first-order chi connectivity index (χ1) is 9.70. The highest BCUT2D eigenvalue weighted by Crippen LogP contribution is 2.32. The summed E-state index contributed by atoms with van der Waals surface area (Å²) in [6.45, 7) is 6.84. The van der Waals surface area contributed by atoms with Gasteiger partial charge in [-0.25, -0.2) is 0 Å². The molecule has 1 atom stereocenters. The van der Waals surface area contributed by atoms with Crippen LogP contribution in [0.2, 0.25) is 0 Å². The first kappa shape index (κ1) is 17.2. The van der Waals surface area contributed by atoms with Crippen molar-refractivity contribution in [2.45, 2.75) is 40.0 Å². The van der Waals surface area contributed by atoms with E-state index in [-0.39, 0.29) is 23.7 Å². The predicted octanol–water partition coefficient (Wildman–Crippen LogP) is 2.07. The number of aliphatic carboxylic acids is 1. The number of amides is 1. The summed E-state index contributed by atoms with van der Waals surface area (Å²) in [4.78, 5) is 22.6. The molecule has 1 aromatic rings. The second kappa shape index (κ2) is 7.24. The number of hydrogen-bond acceptors (Lipinski definition) is 3. The largest absolute Gasteiger partial charge is 0.481 e. The highest BCUT2D eigenvalue weighted by molar-refractivity contribution is 5.93. The molecule has 0 aliphatic rings. The summed E-state index contributed by atoms with van der Waals surface area (Å²) >= 11 is 0. The number of carbonyl (C=O) groups is 2. The summed E-state index contributed by atoms with van der Waals surface area (Å²) in [5.74, 6) is -0.666. The van der Waals surface area contributed by atoms with E-state index in [9.17, 15) is 9.59 Å². The van der Waals surface area contributed by atoms with E-state index >= 15 is 0 Å². The third kappa shape index (κ3) is 5.97. The van der Waals surface area contributed by atoms with E-state index in [4.69, 9.17) is 5.11 Å². The van der Waals surface area contributed by atoms with Crippen molar-refractivity contribution < 1.29 is 14.7 Å². The summed E-state index contributed by atoms with van der Waals surface area (Å²) in [6.07, 6.45) is 4.75. The van der Waals surface area contributed by atoms with E-state index in [1.807, 2.05) is 0 Å². The van der Waals surface area contributed by atoms with E-state index in [0.717, 1.165) is 6.42 Å². The number of carbonyl (C=O) groups excluding carboxylic acids is 1. The Balaban J connectivity index is 2.46. The fourth-order valence-electron chi connectivity index (χ4n) is 2.31. The molecule has 0 aliphatic carbocycles. The van der Waals surface area contributed by atoms with Gasteiger partial charge in [-0.3, -0.25) is 14.3 Å². The number of nitrogens with one attached hydrogen (secondary N) is 1. The summed E-state index contributed by atoms with van der Waals surface area (Å²) in [5.41, 5.74) is 0.560. The lowest BCUT2D eigenvalue weighted by Crippen LogP contribution is -2.29. The molecule has 0 spiro atoms. The molecular weight excluding hydrogens is 270 g/mol. The molecule has 2 N–H and O–H groups in total. The zero-order valence-corrected chi connectivity index (χ0v) is 13.2. The molecule has 1 amide bonds. The monoisotopic (exact) mass is 295 g/mol. The lowest BCUT2D eigenvalue weighted by molar-refractivity contribution is -0.137. The van der Waals surface area contributed by atoms with E-state index < -0.39 is 5.97 Å². The number of nitrogens with zero attached hydrogens (tertiary/aromatic N) is 2. The Hall–Kier alpha value is -1.85. The molecule has 0 aromatic carbocycles. The molecule has 6 nitrogen and oxygen atoms in total. The first-order valence-electron chi connectivity index (χ1n) is 7.19. The Morgan fingerprint density at radius 1 is 1.38 bits per heavy atom. The summed E-state index contributed by atoms with van der Waals surface area (Å²) in [7, 11) is 1.76. The second-order valence-corrected chi connectivity index (χ2v) is 6.44. The van der Waals surface area contributed by atoms with Crippen molar-refractivity contribution in [2.24, 2.45) is 18.4 Å². The number of rotatable bonds is 7. The van der Waals surface area contributed by atoms with Crippen LogP contribution in [0.25, 0.3) is 0 Å². The third-order valence-corrected chi connectivity index (χ3v) is 3.68. The van der Waals surface area contributed by atoms with Gasteiger partial charge in [0.05, 0.1) is 11.8 Å². The number of aromatic nitrogens is 2. The van der Waals surface area contributed by atoms with Crippen LogP contribution in [0.1, 0.15) is 50.4 Å². The van der Waals surface area contributed by atoms with Gasteiger partial charge in [0.25, 0.3) is 5.91 Å². The molecule has 0 aliphatic heterocycles. The molecule has 6 heteroatoms. The fourth-order valence-corrected chi connectivity index (χ4v) is 2.31. The van der Waals surface area contributed by atoms with Crippen LogP contribution in [0.3, 0.4) is 0 Å². The topological polar surface area (TPSA) is 84.2 Å². The van der Waals surface area contributed by atoms with Crippen LogP contribution in [-0.4, -0.2) is 33.3 Å². The van der Waals surface area contributed by atoms with Crippen molar-refractivity contribution in [3.8, 4) is 0 Å². The maximum Gasteiger partial charge on any atom is 0.303 e. The van der Waals surface area contributed by atoms with Gasteiger partial charge >= 0.3 is 5.97 Å². The van der Waals surface area contributed by atoms with Gasteiger partial charge in [0.2, 0.25) is 0 Å². The van der Waals surface area contributed by atoms with Crippen LogP contribution in [-0.2, 0) is 11.8 Å². The van der Waals surface area contributed by atoms with E-state index in [2.05, 4.69) is 31.2 Å². The van der Waals surface area contributed by atoms with Crippen molar-refractivity contribution >= 4 is 11.9 Å². The molecule has 0 fully saturated rings. The smallest absolute Gasteiger partial charge is 0.303 e. The van der Waals surface area contributed by atoms with Gasteiger partial charge in [-0.15, -0.1) is 0 Å². The zero-order chi connectivity index (χ0) is 16.0. The zero-order valence-electron chi connectivity index (χ0n) is 13.2. The van der Waals surface area contributed by atoms with Crippen molar-refractivity contribution in [1.29, 1.82) is 0 Å². The van der Waals surface area contributed by atoms with Crippen LogP contribution in [0.15, 0.2) is 12.4 Å². The molecule has 0 saturated heterocycles. The second-order valence-electron chi connectivity index (χ2n) is 6.44. The SMILES string of the molecule is Cn1cc(C(=O)NCCC(CCC(=O)O)C(C)(C)C)cn1. The van der Waals surface area contributed by atoms with Crippen molar-refractivity contribution in [3.05, 3.63) is 18.0 Å². The predicted molar refractivity (Wildman–Crippen MR) is 80.0 cm³/mol. The van der Waals surface area contributed by atoms with Crippen molar-refractivity contribution in [3.63, 3.8) is 0 Å². The van der Waals surface area contributed by atoms with Gasteiger partial charge in [0.15, 0.2) is 0 Å². The lowest BCUT2D eigenvalue weighted by Gasteiger charge is -2.30. The first-order valence-corrected chi connectivity index (χ1v) is 7.19. The fraction of sp³-hybridized carbons (Fsp3) is 0.667. The van der Waals surface area contributed by atoms with Gasteiger partial charge in [0, 0.05) is 26.2 Å². The number of carboxylic acid groups (broad SMARTS) is 1. The minimum atomic E-state index is -0.774. The number of aryl methyl sites for hydroxylation is 1. The quantitative estimate of drug-likeness (QED) is 0.806. The minimum Gasteiger partial charge on any atom is -0.481 e. The molecule has 0 bridgehead atoms. The Morgan fingerprint density at radius 2 is 2.05 bits per heavy atom. The van der Waals surface area contributed by atoms with Gasteiger partial charge in [-0.05, 0) is 24.2 Å². The van der Waals surface area contributed by atoms with Gasteiger partial charge < -0.3 is 10.4 Å². The normalized spacial score (nSPS) is 13.0. The Kier molecular flexibility index (Phi) is 5.93. The van der Waals surface area contributed by atoms with E-state index in [1.54, 1.807) is 17.9 Å². The van der Waals surface area contributed by atoms with Gasteiger partial charge in [-0.1, -0.05) is 20.8 Å². The molecule has 1 rings (SSSR count). The molecule has 1 heterocycles. The van der Waals surface area contributed by atoms with Gasteiger partial charge in [-0.2, -0.15) is 5.10 Å². The average molecular weight is 295 g/mol. The number of carboxylic acids is 1. The van der Waals surface area contributed by atoms with Crippen LogP contribution in [0, 0.1) is 11.3 Å². The Bertz CT molecular complexity index is 489. The Labute approximate surface area is 125 Å². The van der Waals surface area contributed by atoms with Crippen molar-refractivity contribution in [1.82, 2.24) is 15.1 Å². The van der Waals surface area contributed by atoms with E-state index in [0.29, 0.717) is 18.5 Å². The maximum atomic E-state index is 11.9. The molecule has 1 aromatic heterocycles. The molecule has 1 unspecified atom stereocenters. The van der Waals surface area contributed by atoms with Crippen molar-refractivity contribution in [2.75, 3.05) is 6.54 Å². The minimum absolute atomic E-state index is 0.0223. The highest BCUT2D eigenvalue weighted by Gasteiger charge is 2.25. The molecule has 21 heavy (non-hydrogen) atoms. The third-order valence-electron chi connectivity index (χ3n) is 3.68. The number of hydrogen-bond donors (Lipinski definition) is 2. The molecule has 0 saturated carbocycles. The highest BCUT2D eigenvalue weighted by atomic mass is 16.4. The summed E-state index contributed by atoms with van der Waals surface area (Å²) < 4.78 is 1.58. The lowest BCUT2D eigenvalue weighted by atomic mass is 9.76. The van der Waals surface area contributed by atoms with Crippen LogP contribution >= 0.6 is 0 Å². The average Bonchev–Trinajstić information content (AvgIpc) is 2.78. The van der Waals surface area contributed by atoms with Gasteiger partial charge in [0.1, 0.15) is 0 Å². The molecule has 0 radical (unpaired) electrons. The van der Waals surface area contributed by atoms with Crippen LogP contribution < -0.4 is 5.32 Å². The Morgan fingerprint density at radius 3 is 2.52 bits per heavy atom. The summed E-state index contributed by atoms with van der Waals surface area (Å²) in [6, 6.07) is 0. The van der Waals surface area contributed by atoms with E-state index in [1.165, 1.54) is 6.20 Å². The molecular formula is C15H25N3O3.